The van der Waals surface area contributed by atoms with E-state index in [0.29, 0.717) is 11.9 Å². The molecule has 0 amide bonds. The maximum absolute atomic E-state index is 5.17. The van der Waals surface area contributed by atoms with Gasteiger partial charge >= 0.3 is 0 Å². The van der Waals surface area contributed by atoms with Gasteiger partial charge in [0.05, 0.1) is 17.8 Å². The highest BCUT2D eigenvalue weighted by Crippen LogP contribution is 2.24. The Bertz CT molecular complexity index is 374. The zero-order valence-corrected chi connectivity index (χ0v) is 11.0. The van der Waals surface area contributed by atoms with Gasteiger partial charge in [0.25, 0.3) is 0 Å². The summed E-state index contributed by atoms with van der Waals surface area (Å²) in [7, 11) is 1.61. The van der Waals surface area contributed by atoms with Crippen molar-refractivity contribution in [1.29, 1.82) is 0 Å². The van der Waals surface area contributed by atoms with E-state index < -0.39 is 0 Å². The van der Waals surface area contributed by atoms with Gasteiger partial charge in [-0.05, 0) is 22.9 Å². The topological polar surface area (TPSA) is 50.3 Å². The van der Waals surface area contributed by atoms with Crippen LogP contribution in [0.15, 0.2) is 10.7 Å². The van der Waals surface area contributed by atoms with Crippen LogP contribution < -0.4 is 15.0 Å². The number of nitrogens with zero attached hydrogens (tertiary/aromatic N) is 3. The fourth-order valence-electron chi connectivity index (χ4n) is 1.76. The molecule has 0 bridgehead atoms. The van der Waals surface area contributed by atoms with Crippen molar-refractivity contribution >= 4 is 21.9 Å². The highest BCUT2D eigenvalue weighted by atomic mass is 79.9. The molecule has 6 heteroatoms. The number of hydrogen-bond donors (Lipinski definition) is 1. The minimum atomic E-state index is 0.402. The first-order valence-corrected chi connectivity index (χ1v) is 6.05. The van der Waals surface area contributed by atoms with Gasteiger partial charge in [0.15, 0.2) is 0 Å². The molecule has 0 radical (unpaired) electrons. The third-order valence-electron chi connectivity index (χ3n) is 2.65. The molecule has 1 aromatic heterocycles. The largest absolute Gasteiger partial charge is 0.480 e. The molecule has 5 nitrogen and oxygen atoms in total. The van der Waals surface area contributed by atoms with E-state index in [9.17, 15) is 0 Å². The van der Waals surface area contributed by atoms with Crippen LogP contribution in [0.1, 0.15) is 6.92 Å². The lowest BCUT2D eigenvalue weighted by atomic mass is 10.2. The number of hydrogen-bond acceptors (Lipinski definition) is 5. The molecule has 1 fully saturated rings. The Kier molecular flexibility index (Phi) is 3.60. The van der Waals surface area contributed by atoms with Crippen LogP contribution in [0.5, 0.6) is 5.88 Å². The third-order valence-corrected chi connectivity index (χ3v) is 3.19. The Morgan fingerprint density at radius 2 is 2.44 bits per heavy atom. The van der Waals surface area contributed by atoms with Crippen LogP contribution in [0.4, 0.5) is 5.95 Å². The average Bonchev–Trinajstić information content (AvgIpc) is 2.31. The molecule has 16 heavy (non-hydrogen) atoms. The fraction of sp³-hybridized carbons (Fsp3) is 0.600. The number of anilines is 1. The van der Waals surface area contributed by atoms with Gasteiger partial charge in [0, 0.05) is 25.7 Å². The van der Waals surface area contributed by atoms with E-state index in [1.807, 2.05) is 0 Å². The Hall–Kier alpha value is -0.880. The number of methoxy groups -OCH3 is 1. The minimum Gasteiger partial charge on any atom is -0.480 e. The van der Waals surface area contributed by atoms with Gasteiger partial charge in [0.1, 0.15) is 0 Å². The molecule has 1 unspecified atom stereocenters. The number of rotatable bonds is 2. The number of ether oxygens (including phenoxy) is 1. The van der Waals surface area contributed by atoms with Gasteiger partial charge in [-0.25, -0.2) is 4.98 Å². The molecule has 88 valence electrons. The Morgan fingerprint density at radius 1 is 1.62 bits per heavy atom. The zero-order chi connectivity index (χ0) is 11.5. The van der Waals surface area contributed by atoms with Crippen LogP contribution in [0.3, 0.4) is 0 Å². The number of aromatic nitrogens is 2. The first kappa shape index (κ1) is 11.6. The normalized spacial score (nSPS) is 20.9. The van der Waals surface area contributed by atoms with Crippen molar-refractivity contribution in [1.82, 2.24) is 15.3 Å². The van der Waals surface area contributed by atoms with Crippen LogP contribution in [0, 0.1) is 0 Å². The molecule has 0 aromatic carbocycles. The summed E-state index contributed by atoms with van der Waals surface area (Å²) in [6, 6.07) is 0.402. The van der Waals surface area contributed by atoms with Crippen molar-refractivity contribution in [3.05, 3.63) is 10.7 Å². The summed E-state index contributed by atoms with van der Waals surface area (Å²) in [6.45, 7) is 5.00. The molecule has 1 saturated heterocycles. The van der Waals surface area contributed by atoms with E-state index in [1.165, 1.54) is 0 Å². The van der Waals surface area contributed by atoms with Crippen molar-refractivity contribution in [2.24, 2.45) is 0 Å². The van der Waals surface area contributed by atoms with Crippen LogP contribution in [-0.2, 0) is 0 Å². The van der Waals surface area contributed by atoms with Crippen molar-refractivity contribution in [3.8, 4) is 5.88 Å². The monoisotopic (exact) mass is 286 g/mol. The highest BCUT2D eigenvalue weighted by molar-refractivity contribution is 9.10. The van der Waals surface area contributed by atoms with Crippen molar-refractivity contribution in [3.63, 3.8) is 0 Å². The third kappa shape index (κ3) is 2.27. The standard InChI is InChI=1S/C10H15BrN4O/c1-7-5-12-3-4-15(7)10-13-6-8(11)9(14-10)16-2/h6-7,12H,3-5H2,1-2H3. The van der Waals surface area contributed by atoms with Gasteiger partial charge in [-0.3, -0.25) is 0 Å². The fourth-order valence-corrected chi connectivity index (χ4v) is 2.12. The van der Waals surface area contributed by atoms with E-state index in [4.69, 9.17) is 4.74 Å². The second-order valence-corrected chi connectivity index (χ2v) is 4.63. The quantitative estimate of drug-likeness (QED) is 0.881. The predicted octanol–water partition coefficient (Wildman–Crippen LogP) is 1.05. The minimum absolute atomic E-state index is 0.402. The van der Waals surface area contributed by atoms with Gasteiger partial charge in [-0.2, -0.15) is 4.98 Å². The SMILES string of the molecule is COc1nc(N2CCNCC2C)ncc1Br. The van der Waals surface area contributed by atoms with Crippen molar-refractivity contribution < 1.29 is 4.74 Å². The molecule has 1 aromatic rings. The second-order valence-electron chi connectivity index (χ2n) is 3.77. The Balaban J connectivity index is 2.25. The predicted molar refractivity (Wildman–Crippen MR) is 66.0 cm³/mol. The summed E-state index contributed by atoms with van der Waals surface area (Å²) >= 11 is 3.35. The highest BCUT2D eigenvalue weighted by Gasteiger charge is 2.21. The van der Waals surface area contributed by atoms with Crippen LogP contribution >= 0.6 is 15.9 Å². The number of nitrogens with one attached hydrogen (secondary N) is 1. The summed E-state index contributed by atoms with van der Waals surface area (Å²) in [5.41, 5.74) is 0. The number of halogens is 1. The first-order valence-electron chi connectivity index (χ1n) is 5.26. The Labute approximate surface area is 103 Å². The van der Waals surface area contributed by atoms with E-state index in [2.05, 4.69) is 43.0 Å². The van der Waals surface area contributed by atoms with Crippen LogP contribution in [0.25, 0.3) is 0 Å². The maximum atomic E-state index is 5.17. The van der Waals surface area contributed by atoms with Gasteiger partial charge in [0.2, 0.25) is 11.8 Å². The maximum Gasteiger partial charge on any atom is 0.232 e. The zero-order valence-electron chi connectivity index (χ0n) is 9.40. The average molecular weight is 287 g/mol. The summed E-state index contributed by atoms with van der Waals surface area (Å²) < 4.78 is 5.95. The summed E-state index contributed by atoms with van der Waals surface area (Å²) in [6.07, 6.45) is 1.73. The molecule has 1 aliphatic heterocycles. The van der Waals surface area contributed by atoms with E-state index >= 15 is 0 Å². The molecule has 2 heterocycles. The summed E-state index contributed by atoms with van der Waals surface area (Å²) in [5.74, 6) is 1.31. The van der Waals surface area contributed by atoms with Crippen molar-refractivity contribution in [2.45, 2.75) is 13.0 Å². The molecule has 1 aliphatic rings. The van der Waals surface area contributed by atoms with Crippen molar-refractivity contribution in [2.75, 3.05) is 31.6 Å². The van der Waals surface area contributed by atoms with E-state index in [0.717, 1.165) is 30.1 Å². The molecular weight excluding hydrogens is 272 g/mol. The van der Waals surface area contributed by atoms with E-state index in [1.54, 1.807) is 13.3 Å². The summed E-state index contributed by atoms with van der Waals surface area (Å²) in [5, 5.41) is 3.34. The number of piperazine rings is 1. The van der Waals surface area contributed by atoms with Gasteiger partial charge in [-0.1, -0.05) is 0 Å². The lowest BCUT2D eigenvalue weighted by molar-refractivity contribution is 0.392. The first-order chi connectivity index (χ1) is 7.72. The second kappa shape index (κ2) is 4.97. The smallest absolute Gasteiger partial charge is 0.232 e. The Morgan fingerprint density at radius 3 is 3.12 bits per heavy atom. The molecule has 0 saturated carbocycles. The molecule has 2 rings (SSSR count). The molecule has 0 aliphatic carbocycles. The van der Waals surface area contributed by atoms with Gasteiger partial charge < -0.3 is 15.0 Å². The lowest BCUT2D eigenvalue weighted by Crippen LogP contribution is -2.50. The molecular formula is C10H15BrN4O. The molecule has 1 N–H and O–H groups in total. The van der Waals surface area contributed by atoms with Crippen LogP contribution in [0.2, 0.25) is 0 Å². The molecule has 0 spiro atoms. The van der Waals surface area contributed by atoms with Gasteiger partial charge in [-0.15, -0.1) is 0 Å². The van der Waals surface area contributed by atoms with E-state index in [-0.39, 0.29) is 0 Å². The van der Waals surface area contributed by atoms with Crippen LogP contribution in [-0.4, -0.2) is 42.8 Å². The summed E-state index contributed by atoms with van der Waals surface area (Å²) in [4.78, 5) is 10.9. The molecule has 1 atom stereocenters. The lowest BCUT2D eigenvalue weighted by Gasteiger charge is -2.33.